The van der Waals surface area contributed by atoms with E-state index in [4.69, 9.17) is 9.84 Å². The summed E-state index contributed by atoms with van der Waals surface area (Å²) in [5.41, 5.74) is 0. The van der Waals surface area contributed by atoms with Gasteiger partial charge in [0.25, 0.3) is 0 Å². The zero-order valence-corrected chi connectivity index (χ0v) is 9.08. The molecule has 0 aromatic carbocycles. The van der Waals surface area contributed by atoms with Crippen molar-refractivity contribution >= 4 is 16.0 Å². The highest BCUT2D eigenvalue weighted by Gasteiger charge is 2.20. The Labute approximate surface area is 83.5 Å². The van der Waals surface area contributed by atoms with Crippen molar-refractivity contribution in [3.05, 3.63) is 0 Å². The first kappa shape index (κ1) is 13.3. The molecule has 0 amide bonds. The van der Waals surface area contributed by atoms with Crippen LogP contribution in [0.4, 0.5) is 0 Å². The number of nitrogens with zero attached hydrogens (tertiary/aromatic N) is 1. The summed E-state index contributed by atoms with van der Waals surface area (Å²) in [6.45, 7) is 2.74. The topological polar surface area (TPSA) is 83.9 Å². The minimum absolute atomic E-state index is 0.170. The molecule has 0 radical (unpaired) electrons. The summed E-state index contributed by atoms with van der Waals surface area (Å²) in [5, 5.41) is 8.33. The van der Waals surface area contributed by atoms with E-state index < -0.39 is 21.7 Å². The highest BCUT2D eigenvalue weighted by molar-refractivity contribution is 7.89. The lowest BCUT2D eigenvalue weighted by Gasteiger charge is -2.15. The van der Waals surface area contributed by atoms with Crippen LogP contribution in [-0.4, -0.2) is 56.4 Å². The number of hydrogen-bond acceptors (Lipinski definition) is 4. The zero-order chi connectivity index (χ0) is 11.2. The SMILES string of the molecule is CCOCCN(C)S(=O)(=O)CC(=O)O. The van der Waals surface area contributed by atoms with Gasteiger partial charge in [-0.25, -0.2) is 12.7 Å². The molecule has 6 nitrogen and oxygen atoms in total. The minimum Gasteiger partial charge on any atom is -0.480 e. The average Bonchev–Trinajstić information content (AvgIpc) is 2.02. The molecular weight excluding hydrogens is 210 g/mol. The summed E-state index contributed by atoms with van der Waals surface area (Å²) >= 11 is 0. The van der Waals surface area contributed by atoms with E-state index in [1.165, 1.54) is 7.05 Å². The molecule has 0 aromatic rings. The number of ether oxygens (including phenoxy) is 1. The van der Waals surface area contributed by atoms with Gasteiger partial charge in [0.2, 0.25) is 10.0 Å². The van der Waals surface area contributed by atoms with Crippen LogP contribution in [0.3, 0.4) is 0 Å². The summed E-state index contributed by atoms with van der Waals surface area (Å²) in [7, 11) is -2.36. The quantitative estimate of drug-likeness (QED) is 0.583. The van der Waals surface area contributed by atoms with E-state index in [2.05, 4.69) is 0 Å². The van der Waals surface area contributed by atoms with Crippen molar-refractivity contribution in [2.75, 3.05) is 32.6 Å². The third-order valence-electron chi connectivity index (χ3n) is 1.54. The molecule has 1 N–H and O–H groups in total. The van der Waals surface area contributed by atoms with Gasteiger partial charge in [-0.05, 0) is 6.92 Å². The maximum absolute atomic E-state index is 11.2. The lowest BCUT2D eigenvalue weighted by molar-refractivity contribution is -0.134. The normalized spacial score (nSPS) is 11.9. The maximum atomic E-state index is 11.2. The summed E-state index contributed by atoms with van der Waals surface area (Å²) in [5.74, 6) is -2.23. The van der Waals surface area contributed by atoms with Gasteiger partial charge in [0.05, 0.1) is 6.61 Å². The van der Waals surface area contributed by atoms with Gasteiger partial charge < -0.3 is 9.84 Å². The van der Waals surface area contributed by atoms with Gasteiger partial charge in [-0.3, -0.25) is 4.79 Å². The van der Waals surface area contributed by atoms with E-state index in [1.807, 2.05) is 0 Å². The fourth-order valence-corrected chi connectivity index (χ4v) is 1.63. The Kier molecular flexibility index (Phi) is 5.66. The van der Waals surface area contributed by atoms with Gasteiger partial charge in [0, 0.05) is 20.2 Å². The largest absolute Gasteiger partial charge is 0.480 e. The highest BCUT2D eigenvalue weighted by atomic mass is 32.2. The van der Waals surface area contributed by atoms with Gasteiger partial charge in [0.15, 0.2) is 5.75 Å². The Morgan fingerprint density at radius 1 is 1.50 bits per heavy atom. The summed E-state index contributed by atoms with van der Waals surface area (Å²) in [6.07, 6.45) is 0. The van der Waals surface area contributed by atoms with E-state index in [9.17, 15) is 13.2 Å². The number of aliphatic carboxylic acids is 1. The van der Waals surface area contributed by atoms with Gasteiger partial charge in [-0.15, -0.1) is 0 Å². The monoisotopic (exact) mass is 225 g/mol. The van der Waals surface area contributed by atoms with Crippen molar-refractivity contribution in [3.63, 3.8) is 0 Å². The van der Waals surface area contributed by atoms with Crippen LogP contribution in [0.25, 0.3) is 0 Å². The molecule has 0 saturated carbocycles. The smallest absolute Gasteiger partial charge is 0.320 e. The van der Waals surface area contributed by atoms with Gasteiger partial charge >= 0.3 is 5.97 Å². The molecule has 0 unspecified atom stereocenters. The second-order valence-electron chi connectivity index (χ2n) is 2.67. The minimum atomic E-state index is -3.69. The Bertz CT molecular complexity index is 274. The summed E-state index contributed by atoms with van der Waals surface area (Å²) in [6, 6.07) is 0. The van der Waals surface area contributed by atoms with Gasteiger partial charge in [-0.1, -0.05) is 0 Å². The van der Waals surface area contributed by atoms with E-state index >= 15 is 0 Å². The average molecular weight is 225 g/mol. The van der Waals surface area contributed by atoms with E-state index in [-0.39, 0.29) is 13.2 Å². The van der Waals surface area contributed by atoms with Crippen LogP contribution in [0.15, 0.2) is 0 Å². The Morgan fingerprint density at radius 3 is 2.50 bits per heavy atom. The standard InChI is InChI=1S/C7H15NO5S/c1-3-13-5-4-8(2)14(11,12)6-7(9)10/h3-6H2,1-2H3,(H,9,10). The molecule has 0 aliphatic heterocycles. The lowest BCUT2D eigenvalue weighted by Crippen LogP contribution is -2.34. The van der Waals surface area contributed by atoms with Crippen LogP contribution in [0.1, 0.15) is 6.92 Å². The fraction of sp³-hybridized carbons (Fsp3) is 0.857. The third-order valence-corrected chi connectivity index (χ3v) is 3.28. The molecule has 0 spiro atoms. The predicted octanol–water partition coefficient (Wildman–Crippen LogP) is -0.631. The lowest BCUT2D eigenvalue weighted by atomic mass is 10.7. The number of carbonyl (C=O) groups is 1. The van der Waals surface area contributed by atoms with Crippen molar-refractivity contribution in [2.24, 2.45) is 0 Å². The molecule has 0 rings (SSSR count). The van der Waals surface area contributed by atoms with Crippen molar-refractivity contribution in [3.8, 4) is 0 Å². The second kappa shape index (κ2) is 5.94. The first-order valence-corrected chi connectivity index (χ1v) is 5.74. The molecular formula is C7H15NO5S. The van der Waals surface area contributed by atoms with Crippen LogP contribution >= 0.6 is 0 Å². The van der Waals surface area contributed by atoms with Crippen molar-refractivity contribution in [1.82, 2.24) is 4.31 Å². The van der Waals surface area contributed by atoms with Crippen LogP contribution in [0, 0.1) is 0 Å². The van der Waals surface area contributed by atoms with Gasteiger partial charge in [0.1, 0.15) is 0 Å². The van der Waals surface area contributed by atoms with Crippen LogP contribution in [-0.2, 0) is 19.6 Å². The summed E-state index contributed by atoms with van der Waals surface area (Å²) < 4.78 is 28.4. The maximum Gasteiger partial charge on any atom is 0.320 e. The van der Waals surface area contributed by atoms with E-state index in [1.54, 1.807) is 6.92 Å². The molecule has 0 aliphatic carbocycles. The van der Waals surface area contributed by atoms with Crippen molar-refractivity contribution in [1.29, 1.82) is 0 Å². The molecule has 84 valence electrons. The molecule has 0 fully saturated rings. The fourth-order valence-electron chi connectivity index (χ4n) is 0.743. The Hall–Kier alpha value is -0.660. The first-order valence-electron chi connectivity index (χ1n) is 4.13. The van der Waals surface area contributed by atoms with E-state index in [0.29, 0.717) is 6.61 Å². The number of carboxylic acids is 1. The van der Waals surface area contributed by atoms with Crippen molar-refractivity contribution < 1.29 is 23.1 Å². The Balaban J connectivity index is 4.08. The number of carboxylic acid groups (broad SMARTS) is 1. The second-order valence-corrected chi connectivity index (χ2v) is 4.74. The zero-order valence-electron chi connectivity index (χ0n) is 8.26. The van der Waals surface area contributed by atoms with Crippen LogP contribution in [0.5, 0.6) is 0 Å². The number of sulfonamides is 1. The van der Waals surface area contributed by atoms with Gasteiger partial charge in [-0.2, -0.15) is 0 Å². The summed E-state index contributed by atoms with van der Waals surface area (Å²) in [4.78, 5) is 10.2. The van der Waals surface area contributed by atoms with Crippen LogP contribution in [0.2, 0.25) is 0 Å². The number of rotatable bonds is 7. The molecule has 0 heterocycles. The molecule has 0 aromatic heterocycles. The van der Waals surface area contributed by atoms with Crippen LogP contribution < -0.4 is 0 Å². The highest BCUT2D eigenvalue weighted by Crippen LogP contribution is 1.97. The van der Waals surface area contributed by atoms with E-state index in [0.717, 1.165) is 4.31 Å². The molecule has 0 atom stereocenters. The predicted molar refractivity (Wildman–Crippen MR) is 50.5 cm³/mol. The molecule has 0 saturated heterocycles. The first-order chi connectivity index (χ1) is 6.40. The number of likely N-dealkylation sites (N-methyl/N-ethyl adjacent to an activating group) is 1. The molecule has 14 heavy (non-hydrogen) atoms. The molecule has 0 bridgehead atoms. The molecule has 7 heteroatoms. The third kappa shape index (κ3) is 5.15. The number of hydrogen-bond donors (Lipinski definition) is 1. The van der Waals surface area contributed by atoms with Crippen molar-refractivity contribution in [2.45, 2.75) is 6.92 Å². The Morgan fingerprint density at radius 2 is 2.07 bits per heavy atom. The molecule has 0 aliphatic rings.